The molecule has 2 saturated heterocycles. The first-order chi connectivity index (χ1) is 11.7. The molecule has 1 unspecified atom stereocenters. The molecule has 0 radical (unpaired) electrons. The number of ether oxygens (including phenoxy) is 1. The van der Waals surface area contributed by atoms with Crippen molar-refractivity contribution in [2.45, 2.75) is 19.4 Å². The zero-order chi connectivity index (χ0) is 16.6. The van der Waals surface area contributed by atoms with Crippen LogP contribution in [0.15, 0.2) is 22.8 Å². The number of nitrogens with zero attached hydrogens (tertiary/aromatic N) is 4. The normalized spacial score (nSPS) is 24.7. The molecular formula is C17H22N4O3. The highest BCUT2D eigenvalue weighted by Gasteiger charge is 2.50. The number of rotatable bonds is 5. The second-order valence-corrected chi connectivity index (χ2v) is 6.83. The number of fused-ring (bicyclic) bond motifs is 1. The number of hydrogen-bond acceptors (Lipinski definition) is 6. The first-order valence-corrected chi connectivity index (χ1v) is 8.43. The topological polar surface area (TPSA) is 71.7 Å². The molecule has 128 valence electrons. The molecule has 2 aromatic rings. The molecule has 0 aliphatic carbocycles. The van der Waals surface area contributed by atoms with Gasteiger partial charge in [0.2, 0.25) is 5.91 Å². The van der Waals surface area contributed by atoms with Gasteiger partial charge < -0.3 is 9.64 Å². The van der Waals surface area contributed by atoms with Gasteiger partial charge in [0.15, 0.2) is 0 Å². The molecule has 4 rings (SSSR count). The minimum Gasteiger partial charge on any atom is -0.383 e. The largest absolute Gasteiger partial charge is 0.383 e. The van der Waals surface area contributed by atoms with Gasteiger partial charge in [0, 0.05) is 33.3 Å². The minimum atomic E-state index is -0.205. The van der Waals surface area contributed by atoms with Gasteiger partial charge in [-0.2, -0.15) is 0 Å². The molecule has 0 N–H and O–H groups in total. The van der Waals surface area contributed by atoms with Crippen LogP contribution in [0.3, 0.4) is 0 Å². The average Bonchev–Trinajstić information content (AvgIpc) is 3.29. The van der Waals surface area contributed by atoms with E-state index in [9.17, 15) is 4.79 Å². The van der Waals surface area contributed by atoms with Crippen LogP contribution < -0.4 is 0 Å². The van der Waals surface area contributed by atoms with Gasteiger partial charge >= 0.3 is 0 Å². The molecule has 1 spiro atoms. The van der Waals surface area contributed by atoms with Crippen molar-refractivity contribution >= 4 is 16.9 Å². The predicted molar refractivity (Wildman–Crippen MR) is 87.2 cm³/mol. The summed E-state index contributed by atoms with van der Waals surface area (Å²) in [5.41, 5.74) is 2.50. The summed E-state index contributed by atoms with van der Waals surface area (Å²) in [7, 11) is 1.67. The number of carbonyl (C=O) groups is 1. The number of carbonyl (C=O) groups excluding carboxylic acids is 1. The lowest BCUT2D eigenvalue weighted by Gasteiger charge is -2.23. The molecule has 3 heterocycles. The van der Waals surface area contributed by atoms with E-state index in [0.717, 1.165) is 55.6 Å². The highest BCUT2D eigenvalue weighted by Crippen LogP contribution is 2.41. The molecule has 1 aromatic heterocycles. The summed E-state index contributed by atoms with van der Waals surface area (Å²) in [4.78, 5) is 17.1. The number of aromatic nitrogens is 2. The Kier molecular flexibility index (Phi) is 3.97. The Bertz CT molecular complexity index is 746. The van der Waals surface area contributed by atoms with E-state index in [4.69, 9.17) is 9.37 Å². The SMILES string of the molecule is COCCN1CCC2(CCN(Cc3cccc4nonc34)C2)C1=O. The third-order valence-corrected chi connectivity index (χ3v) is 5.36. The van der Waals surface area contributed by atoms with Crippen molar-refractivity contribution in [2.24, 2.45) is 5.41 Å². The fraction of sp³-hybridized carbons (Fsp3) is 0.588. The van der Waals surface area contributed by atoms with Crippen LogP contribution in [-0.4, -0.2) is 65.9 Å². The average molecular weight is 330 g/mol. The second kappa shape index (κ2) is 6.14. The van der Waals surface area contributed by atoms with Crippen molar-refractivity contribution < 1.29 is 14.2 Å². The molecule has 1 atom stereocenters. The summed E-state index contributed by atoms with van der Waals surface area (Å²) in [5, 5.41) is 7.91. The smallest absolute Gasteiger partial charge is 0.230 e. The minimum absolute atomic E-state index is 0.205. The summed E-state index contributed by atoms with van der Waals surface area (Å²) in [5.74, 6) is 0.295. The maximum atomic E-state index is 12.8. The highest BCUT2D eigenvalue weighted by atomic mass is 16.6. The maximum absolute atomic E-state index is 12.8. The Hall–Kier alpha value is -1.99. The van der Waals surface area contributed by atoms with Crippen LogP contribution in [-0.2, 0) is 16.1 Å². The molecule has 0 bridgehead atoms. The zero-order valence-electron chi connectivity index (χ0n) is 13.9. The van der Waals surface area contributed by atoms with E-state index in [1.807, 2.05) is 17.0 Å². The Morgan fingerprint density at radius 3 is 3.04 bits per heavy atom. The first-order valence-electron chi connectivity index (χ1n) is 8.43. The Morgan fingerprint density at radius 2 is 2.17 bits per heavy atom. The van der Waals surface area contributed by atoms with E-state index in [2.05, 4.69) is 21.3 Å². The van der Waals surface area contributed by atoms with E-state index < -0.39 is 0 Å². The van der Waals surface area contributed by atoms with E-state index in [1.54, 1.807) is 7.11 Å². The fourth-order valence-electron chi connectivity index (χ4n) is 4.01. The van der Waals surface area contributed by atoms with Crippen molar-refractivity contribution in [3.05, 3.63) is 23.8 Å². The number of likely N-dealkylation sites (tertiary alicyclic amines) is 2. The molecule has 1 amide bonds. The van der Waals surface area contributed by atoms with Crippen LogP contribution in [0, 0.1) is 5.41 Å². The van der Waals surface area contributed by atoms with Gasteiger partial charge in [-0.25, -0.2) is 4.63 Å². The lowest BCUT2D eigenvalue weighted by atomic mass is 9.85. The molecule has 24 heavy (non-hydrogen) atoms. The van der Waals surface area contributed by atoms with Crippen molar-refractivity contribution in [3.63, 3.8) is 0 Å². The Morgan fingerprint density at radius 1 is 1.29 bits per heavy atom. The quantitative estimate of drug-likeness (QED) is 0.823. The lowest BCUT2D eigenvalue weighted by molar-refractivity contribution is -0.136. The summed E-state index contributed by atoms with van der Waals surface area (Å²) < 4.78 is 9.95. The highest BCUT2D eigenvalue weighted by molar-refractivity contribution is 5.85. The molecule has 0 saturated carbocycles. The van der Waals surface area contributed by atoms with Gasteiger partial charge in [0.1, 0.15) is 11.0 Å². The third-order valence-electron chi connectivity index (χ3n) is 5.36. The molecular weight excluding hydrogens is 308 g/mol. The van der Waals surface area contributed by atoms with Gasteiger partial charge in [-0.15, -0.1) is 0 Å². The van der Waals surface area contributed by atoms with Crippen LogP contribution in [0.5, 0.6) is 0 Å². The van der Waals surface area contributed by atoms with Crippen LogP contribution in [0.4, 0.5) is 0 Å². The van der Waals surface area contributed by atoms with Gasteiger partial charge in [0.25, 0.3) is 0 Å². The Labute approximate surface area is 140 Å². The number of amides is 1. The fourth-order valence-corrected chi connectivity index (χ4v) is 4.01. The summed E-state index contributed by atoms with van der Waals surface area (Å²) in [6, 6.07) is 5.93. The van der Waals surface area contributed by atoms with Crippen molar-refractivity contribution in [2.75, 3.05) is 39.9 Å². The van der Waals surface area contributed by atoms with Crippen LogP contribution in [0.25, 0.3) is 11.0 Å². The standard InChI is InChI=1S/C17H22N4O3/c1-23-10-9-21-8-6-17(16(21)22)5-7-20(12-17)11-13-3-2-4-14-15(13)19-24-18-14/h2-4H,5-12H2,1H3. The van der Waals surface area contributed by atoms with Crippen molar-refractivity contribution in [1.29, 1.82) is 0 Å². The number of methoxy groups -OCH3 is 1. The van der Waals surface area contributed by atoms with Crippen molar-refractivity contribution in [3.8, 4) is 0 Å². The van der Waals surface area contributed by atoms with Gasteiger partial charge in [-0.05, 0) is 41.3 Å². The van der Waals surface area contributed by atoms with Crippen LogP contribution >= 0.6 is 0 Å². The zero-order valence-corrected chi connectivity index (χ0v) is 13.9. The molecule has 2 aliphatic heterocycles. The summed E-state index contributed by atoms with van der Waals surface area (Å²) >= 11 is 0. The van der Waals surface area contributed by atoms with E-state index >= 15 is 0 Å². The van der Waals surface area contributed by atoms with Gasteiger partial charge in [-0.3, -0.25) is 9.69 Å². The molecule has 7 nitrogen and oxygen atoms in total. The monoisotopic (exact) mass is 330 g/mol. The third kappa shape index (κ3) is 2.57. The Balaban J connectivity index is 1.45. The van der Waals surface area contributed by atoms with Gasteiger partial charge in [-0.1, -0.05) is 12.1 Å². The van der Waals surface area contributed by atoms with Crippen LogP contribution in [0.1, 0.15) is 18.4 Å². The maximum Gasteiger partial charge on any atom is 0.230 e. The predicted octanol–water partition coefficient (Wildman–Crippen LogP) is 1.29. The van der Waals surface area contributed by atoms with E-state index in [-0.39, 0.29) is 5.41 Å². The lowest BCUT2D eigenvalue weighted by Crippen LogP contribution is -2.38. The summed E-state index contributed by atoms with van der Waals surface area (Å²) in [6.45, 7) is 4.67. The first kappa shape index (κ1) is 15.5. The van der Waals surface area contributed by atoms with E-state index in [1.165, 1.54) is 0 Å². The number of hydrogen-bond donors (Lipinski definition) is 0. The van der Waals surface area contributed by atoms with Crippen LogP contribution in [0.2, 0.25) is 0 Å². The summed E-state index contributed by atoms with van der Waals surface area (Å²) in [6.07, 6.45) is 1.88. The molecule has 2 fully saturated rings. The van der Waals surface area contributed by atoms with Gasteiger partial charge in [0.05, 0.1) is 12.0 Å². The number of benzene rings is 1. The molecule has 7 heteroatoms. The second-order valence-electron chi connectivity index (χ2n) is 6.83. The molecule has 2 aliphatic rings. The van der Waals surface area contributed by atoms with Crippen molar-refractivity contribution in [1.82, 2.24) is 20.1 Å². The van der Waals surface area contributed by atoms with E-state index in [0.29, 0.717) is 19.1 Å². The molecule has 1 aromatic carbocycles.